The molecule has 0 aliphatic rings. The first-order chi connectivity index (χ1) is 7.35. The summed E-state index contributed by atoms with van der Waals surface area (Å²) in [6.45, 7) is 7.71. The van der Waals surface area contributed by atoms with Gasteiger partial charge in [0, 0.05) is 20.0 Å². The van der Waals surface area contributed by atoms with Gasteiger partial charge in [-0.2, -0.15) is 0 Å². The molecule has 0 spiro atoms. The average molecular weight is 230 g/mol. The van der Waals surface area contributed by atoms with Crippen molar-refractivity contribution in [1.29, 1.82) is 0 Å². The molecule has 96 valence electrons. The molecule has 0 saturated carbocycles. The van der Waals surface area contributed by atoms with Gasteiger partial charge in [0.05, 0.1) is 6.10 Å². The lowest BCUT2D eigenvalue weighted by atomic mass is 9.89. The molecule has 0 bridgehead atoms. The standard InChI is InChI=1S/C12H26N2O2/c1-12(2,3)8-10(15)9-14-7-5-6-11(16)13-4/h10,14-15H,5-9H2,1-4H3,(H,13,16). The molecule has 16 heavy (non-hydrogen) atoms. The van der Waals surface area contributed by atoms with Crippen LogP contribution in [-0.4, -0.2) is 37.3 Å². The third-order valence-corrected chi connectivity index (χ3v) is 2.26. The highest BCUT2D eigenvalue weighted by molar-refractivity contribution is 5.75. The van der Waals surface area contributed by atoms with Gasteiger partial charge < -0.3 is 15.7 Å². The minimum atomic E-state index is -0.306. The smallest absolute Gasteiger partial charge is 0.219 e. The number of carbonyl (C=O) groups excluding carboxylic acids is 1. The second-order valence-electron chi connectivity index (χ2n) is 5.40. The Morgan fingerprint density at radius 1 is 1.38 bits per heavy atom. The minimum Gasteiger partial charge on any atom is -0.392 e. The number of nitrogens with one attached hydrogen (secondary N) is 2. The second-order valence-corrected chi connectivity index (χ2v) is 5.40. The number of aliphatic hydroxyl groups is 1. The molecule has 0 saturated heterocycles. The van der Waals surface area contributed by atoms with Crippen molar-refractivity contribution in [2.75, 3.05) is 20.1 Å². The molecule has 0 aliphatic carbocycles. The van der Waals surface area contributed by atoms with E-state index in [0.717, 1.165) is 19.4 Å². The predicted octanol–water partition coefficient (Wildman–Crippen LogP) is 0.899. The predicted molar refractivity (Wildman–Crippen MR) is 66.2 cm³/mol. The van der Waals surface area contributed by atoms with Gasteiger partial charge in [0.1, 0.15) is 0 Å². The van der Waals surface area contributed by atoms with Gasteiger partial charge in [-0.3, -0.25) is 4.79 Å². The maximum absolute atomic E-state index is 10.9. The summed E-state index contributed by atoms with van der Waals surface area (Å²) in [5, 5.41) is 15.4. The van der Waals surface area contributed by atoms with Gasteiger partial charge in [0.15, 0.2) is 0 Å². The number of carbonyl (C=O) groups is 1. The summed E-state index contributed by atoms with van der Waals surface area (Å²) in [7, 11) is 1.64. The maximum Gasteiger partial charge on any atom is 0.219 e. The molecular formula is C12H26N2O2. The normalized spacial score (nSPS) is 13.6. The number of rotatable bonds is 7. The van der Waals surface area contributed by atoms with Gasteiger partial charge in [-0.05, 0) is 24.8 Å². The molecule has 1 atom stereocenters. The average Bonchev–Trinajstić information content (AvgIpc) is 2.14. The Kier molecular flexibility index (Phi) is 7.34. The van der Waals surface area contributed by atoms with Gasteiger partial charge in [-0.1, -0.05) is 20.8 Å². The molecule has 0 aromatic heterocycles. The van der Waals surface area contributed by atoms with Crippen LogP contribution in [0.15, 0.2) is 0 Å². The number of aliphatic hydroxyl groups excluding tert-OH is 1. The lowest BCUT2D eigenvalue weighted by Gasteiger charge is -2.22. The highest BCUT2D eigenvalue weighted by atomic mass is 16.3. The fourth-order valence-corrected chi connectivity index (χ4v) is 1.55. The van der Waals surface area contributed by atoms with Crippen molar-refractivity contribution < 1.29 is 9.90 Å². The van der Waals surface area contributed by atoms with Gasteiger partial charge in [-0.25, -0.2) is 0 Å². The Labute approximate surface area is 98.8 Å². The number of hydrogen-bond donors (Lipinski definition) is 3. The van der Waals surface area contributed by atoms with E-state index in [9.17, 15) is 9.90 Å². The zero-order valence-corrected chi connectivity index (χ0v) is 11.0. The summed E-state index contributed by atoms with van der Waals surface area (Å²) in [6, 6.07) is 0. The zero-order chi connectivity index (χ0) is 12.6. The molecule has 1 unspecified atom stereocenters. The Morgan fingerprint density at radius 3 is 2.50 bits per heavy atom. The van der Waals surface area contributed by atoms with Crippen LogP contribution < -0.4 is 10.6 Å². The van der Waals surface area contributed by atoms with E-state index in [1.54, 1.807) is 7.05 Å². The van der Waals surface area contributed by atoms with E-state index in [0.29, 0.717) is 13.0 Å². The van der Waals surface area contributed by atoms with E-state index in [2.05, 4.69) is 31.4 Å². The Hall–Kier alpha value is -0.610. The van der Waals surface area contributed by atoms with Crippen LogP contribution in [-0.2, 0) is 4.79 Å². The van der Waals surface area contributed by atoms with E-state index >= 15 is 0 Å². The lowest BCUT2D eigenvalue weighted by Crippen LogP contribution is -2.31. The quantitative estimate of drug-likeness (QED) is 0.569. The molecule has 0 aromatic carbocycles. The van der Waals surface area contributed by atoms with E-state index in [1.807, 2.05) is 0 Å². The Morgan fingerprint density at radius 2 is 2.00 bits per heavy atom. The summed E-state index contributed by atoms with van der Waals surface area (Å²) in [6.07, 6.45) is 1.83. The van der Waals surface area contributed by atoms with E-state index in [4.69, 9.17) is 0 Å². The first kappa shape index (κ1) is 15.4. The maximum atomic E-state index is 10.9. The summed E-state index contributed by atoms with van der Waals surface area (Å²) < 4.78 is 0. The number of hydrogen-bond acceptors (Lipinski definition) is 3. The largest absolute Gasteiger partial charge is 0.392 e. The van der Waals surface area contributed by atoms with Crippen molar-refractivity contribution in [3.8, 4) is 0 Å². The SMILES string of the molecule is CNC(=O)CCCNCC(O)CC(C)(C)C. The Balaban J connectivity index is 3.41. The molecule has 3 N–H and O–H groups in total. The van der Waals surface area contributed by atoms with Crippen molar-refractivity contribution >= 4 is 5.91 Å². The highest BCUT2D eigenvalue weighted by Crippen LogP contribution is 2.20. The topological polar surface area (TPSA) is 61.4 Å². The van der Waals surface area contributed by atoms with Crippen LogP contribution in [0, 0.1) is 5.41 Å². The van der Waals surface area contributed by atoms with E-state index in [1.165, 1.54) is 0 Å². The molecule has 0 aromatic rings. The second kappa shape index (κ2) is 7.63. The molecule has 0 rings (SSSR count). The third kappa shape index (κ3) is 9.93. The van der Waals surface area contributed by atoms with Crippen molar-refractivity contribution in [3.63, 3.8) is 0 Å². The van der Waals surface area contributed by atoms with Crippen molar-refractivity contribution in [2.45, 2.75) is 46.1 Å². The Bertz CT molecular complexity index is 200. The fourth-order valence-electron chi connectivity index (χ4n) is 1.55. The van der Waals surface area contributed by atoms with Crippen molar-refractivity contribution in [1.82, 2.24) is 10.6 Å². The van der Waals surface area contributed by atoms with Crippen LogP contribution >= 0.6 is 0 Å². The van der Waals surface area contributed by atoms with Gasteiger partial charge >= 0.3 is 0 Å². The summed E-state index contributed by atoms with van der Waals surface area (Å²) in [4.78, 5) is 10.9. The van der Waals surface area contributed by atoms with Gasteiger partial charge in [0.2, 0.25) is 5.91 Å². The number of amides is 1. The minimum absolute atomic E-state index is 0.0667. The lowest BCUT2D eigenvalue weighted by molar-refractivity contribution is -0.120. The molecule has 0 fully saturated rings. The molecule has 4 heteroatoms. The van der Waals surface area contributed by atoms with Gasteiger partial charge in [0.25, 0.3) is 0 Å². The molecule has 0 aliphatic heterocycles. The monoisotopic (exact) mass is 230 g/mol. The zero-order valence-electron chi connectivity index (χ0n) is 11.0. The molecule has 4 nitrogen and oxygen atoms in total. The molecule has 0 heterocycles. The van der Waals surface area contributed by atoms with Crippen molar-refractivity contribution in [2.24, 2.45) is 5.41 Å². The van der Waals surface area contributed by atoms with Crippen LogP contribution in [0.25, 0.3) is 0 Å². The summed E-state index contributed by atoms with van der Waals surface area (Å²) in [5.74, 6) is 0.0667. The van der Waals surface area contributed by atoms with Crippen LogP contribution in [0.4, 0.5) is 0 Å². The van der Waals surface area contributed by atoms with Crippen LogP contribution in [0.5, 0.6) is 0 Å². The summed E-state index contributed by atoms with van der Waals surface area (Å²) >= 11 is 0. The van der Waals surface area contributed by atoms with Crippen LogP contribution in [0.2, 0.25) is 0 Å². The first-order valence-corrected chi connectivity index (χ1v) is 5.94. The molecular weight excluding hydrogens is 204 g/mol. The van der Waals surface area contributed by atoms with Crippen LogP contribution in [0.1, 0.15) is 40.0 Å². The van der Waals surface area contributed by atoms with E-state index in [-0.39, 0.29) is 17.4 Å². The molecule has 0 radical (unpaired) electrons. The first-order valence-electron chi connectivity index (χ1n) is 5.94. The molecule has 1 amide bonds. The highest BCUT2D eigenvalue weighted by Gasteiger charge is 2.15. The van der Waals surface area contributed by atoms with Crippen LogP contribution in [0.3, 0.4) is 0 Å². The third-order valence-electron chi connectivity index (χ3n) is 2.26. The van der Waals surface area contributed by atoms with Crippen molar-refractivity contribution in [3.05, 3.63) is 0 Å². The summed E-state index contributed by atoms with van der Waals surface area (Å²) in [5.41, 5.74) is 0.156. The van der Waals surface area contributed by atoms with Gasteiger partial charge in [-0.15, -0.1) is 0 Å². The fraction of sp³-hybridized carbons (Fsp3) is 0.917. The van der Waals surface area contributed by atoms with E-state index < -0.39 is 0 Å².